The lowest BCUT2D eigenvalue weighted by Gasteiger charge is -2.29. The molecule has 5 N–H and O–H groups in total. The first-order valence-electron chi connectivity index (χ1n) is 11.1. The molecule has 0 spiro atoms. The normalized spacial score (nSPS) is 10.7. The highest BCUT2D eigenvalue weighted by Gasteiger charge is 2.28. The van der Waals surface area contributed by atoms with Crippen LogP contribution in [0.3, 0.4) is 0 Å². The molecule has 6 nitrogen and oxygen atoms in total. The molecule has 6 heteroatoms. The second kappa shape index (κ2) is 10.9. The smallest absolute Gasteiger partial charge is 0.115 e. The maximum absolute atomic E-state index is 9.79. The SMILES string of the molecule is Oc1ccc(C(c2ccc(O)cc2)C(c2ccc(O)cc2)c2ccc(O)cc2)cc1.c1c[nH]cn1. The van der Waals surface area contributed by atoms with E-state index in [9.17, 15) is 20.4 Å². The minimum absolute atomic E-state index is 0.139. The molecule has 0 aliphatic heterocycles. The van der Waals surface area contributed by atoms with Crippen LogP contribution in [-0.2, 0) is 0 Å². The number of rotatable bonds is 5. The van der Waals surface area contributed by atoms with Gasteiger partial charge in [-0.05, 0) is 70.8 Å². The van der Waals surface area contributed by atoms with Gasteiger partial charge in [0.1, 0.15) is 23.0 Å². The zero-order valence-corrected chi connectivity index (χ0v) is 18.9. The maximum atomic E-state index is 9.79. The van der Waals surface area contributed by atoms with Gasteiger partial charge in [-0.3, -0.25) is 0 Å². The number of aromatic hydroxyl groups is 4. The Balaban J connectivity index is 0.000000514. The summed E-state index contributed by atoms with van der Waals surface area (Å²) in [5.74, 6) is 0.478. The molecular formula is C29H26N2O4. The standard InChI is InChI=1S/C26H22O4.C3H4N2/c27-21-9-1-17(2-10-21)25(18-3-11-22(28)12-4-18)26(19-5-13-23(29)14-6-19)20-7-15-24(30)16-8-20;1-2-5-3-4-1/h1-16,25-30H;1-3H,(H,4,5). The largest absolute Gasteiger partial charge is 0.508 e. The topological polar surface area (TPSA) is 110 Å². The van der Waals surface area contributed by atoms with Crippen LogP contribution in [0.25, 0.3) is 0 Å². The van der Waals surface area contributed by atoms with Gasteiger partial charge in [0.25, 0.3) is 0 Å². The minimum atomic E-state index is -0.139. The molecule has 0 bridgehead atoms. The van der Waals surface area contributed by atoms with Crippen LogP contribution in [0.1, 0.15) is 34.1 Å². The number of aromatic amines is 1. The van der Waals surface area contributed by atoms with Crippen molar-refractivity contribution in [3.8, 4) is 23.0 Å². The van der Waals surface area contributed by atoms with Crippen LogP contribution in [0.15, 0.2) is 116 Å². The molecule has 0 unspecified atom stereocenters. The molecule has 0 atom stereocenters. The van der Waals surface area contributed by atoms with E-state index in [1.807, 2.05) is 48.5 Å². The molecule has 176 valence electrons. The molecule has 0 fully saturated rings. The van der Waals surface area contributed by atoms with Crippen LogP contribution in [0, 0.1) is 0 Å². The molecule has 1 heterocycles. The van der Waals surface area contributed by atoms with Crippen molar-refractivity contribution in [3.63, 3.8) is 0 Å². The highest BCUT2D eigenvalue weighted by molar-refractivity contribution is 5.47. The Hall–Kier alpha value is -4.71. The predicted molar refractivity (Wildman–Crippen MR) is 135 cm³/mol. The van der Waals surface area contributed by atoms with E-state index in [-0.39, 0.29) is 34.8 Å². The summed E-state index contributed by atoms with van der Waals surface area (Å²) in [5, 5.41) is 39.2. The number of nitrogens with one attached hydrogen (secondary N) is 1. The lowest BCUT2D eigenvalue weighted by Crippen LogP contribution is -2.14. The first kappa shape index (κ1) is 23.4. The number of aromatic nitrogens is 2. The van der Waals surface area contributed by atoms with Crippen molar-refractivity contribution in [2.45, 2.75) is 11.8 Å². The van der Waals surface area contributed by atoms with Crippen LogP contribution in [0.2, 0.25) is 0 Å². The molecule has 0 aliphatic rings. The molecule has 0 radical (unpaired) electrons. The van der Waals surface area contributed by atoms with E-state index in [4.69, 9.17) is 0 Å². The Kier molecular flexibility index (Phi) is 7.33. The first-order valence-corrected chi connectivity index (χ1v) is 11.1. The molecular weight excluding hydrogens is 440 g/mol. The van der Waals surface area contributed by atoms with E-state index in [0.29, 0.717) is 0 Å². The predicted octanol–water partition coefficient (Wildman–Crippen LogP) is 5.88. The summed E-state index contributed by atoms with van der Waals surface area (Å²) in [6, 6.07) is 28.4. The summed E-state index contributed by atoms with van der Waals surface area (Å²) >= 11 is 0. The van der Waals surface area contributed by atoms with Gasteiger partial charge < -0.3 is 25.4 Å². The Morgan fingerprint density at radius 2 is 0.743 bits per heavy atom. The Bertz CT molecular complexity index is 1100. The van der Waals surface area contributed by atoms with Gasteiger partial charge in [0.2, 0.25) is 0 Å². The fourth-order valence-corrected chi connectivity index (χ4v) is 4.10. The summed E-state index contributed by atoms with van der Waals surface area (Å²) in [7, 11) is 0. The van der Waals surface area contributed by atoms with Crippen molar-refractivity contribution in [3.05, 3.63) is 138 Å². The third-order valence-electron chi connectivity index (χ3n) is 5.75. The number of benzene rings is 4. The van der Waals surface area contributed by atoms with E-state index in [1.165, 1.54) is 0 Å². The third-order valence-corrected chi connectivity index (χ3v) is 5.75. The second-order valence-electron chi connectivity index (χ2n) is 8.08. The molecule has 0 amide bonds. The number of phenolic OH excluding ortho intramolecular Hbond substituents is 4. The van der Waals surface area contributed by atoms with Gasteiger partial charge in [-0.25, -0.2) is 4.98 Å². The van der Waals surface area contributed by atoms with E-state index >= 15 is 0 Å². The Morgan fingerprint density at radius 1 is 0.457 bits per heavy atom. The zero-order chi connectivity index (χ0) is 24.6. The van der Waals surface area contributed by atoms with Gasteiger partial charge >= 0.3 is 0 Å². The molecule has 0 aliphatic carbocycles. The van der Waals surface area contributed by atoms with Gasteiger partial charge in [-0.2, -0.15) is 0 Å². The molecule has 0 saturated carbocycles. The number of hydrogen-bond acceptors (Lipinski definition) is 5. The number of hydrogen-bond donors (Lipinski definition) is 5. The van der Waals surface area contributed by atoms with Crippen molar-refractivity contribution in [2.75, 3.05) is 0 Å². The highest BCUT2D eigenvalue weighted by atomic mass is 16.3. The fraction of sp³-hybridized carbons (Fsp3) is 0.0690. The summed E-state index contributed by atoms with van der Waals surface area (Å²) in [4.78, 5) is 6.42. The van der Waals surface area contributed by atoms with Crippen molar-refractivity contribution >= 4 is 0 Å². The summed E-state index contributed by atoms with van der Waals surface area (Å²) < 4.78 is 0. The molecule has 35 heavy (non-hydrogen) atoms. The van der Waals surface area contributed by atoms with E-state index in [1.54, 1.807) is 67.3 Å². The number of nitrogens with zero attached hydrogens (tertiary/aromatic N) is 1. The van der Waals surface area contributed by atoms with Gasteiger partial charge in [-0.1, -0.05) is 48.5 Å². The van der Waals surface area contributed by atoms with Gasteiger partial charge in [0.15, 0.2) is 0 Å². The average Bonchev–Trinajstić information content (AvgIpc) is 3.46. The maximum Gasteiger partial charge on any atom is 0.115 e. The van der Waals surface area contributed by atoms with Crippen LogP contribution < -0.4 is 0 Å². The quantitative estimate of drug-likeness (QED) is 0.222. The number of imidazole rings is 1. The summed E-state index contributed by atoms with van der Waals surface area (Å²) in [6.45, 7) is 0. The third kappa shape index (κ3) is 6.00. The van der Waals surface area contributed by atoms with Crippen molar-refractivity contribution in [1.82, 2.24) is 9.97 Å². The van der Waals surface area contributed by atoms with E-state index in [0.717, 1.165) is 22.3 Å². The molecule has 1 aromatic heterocycles. The van der Waals surface area contributed by atoms with Gasteiger partial charge in [0, 0.05) is 24.2 Å². The van der Waals surface area contributed by atoms with Crippen LogP contribution >= 0.6 is 0 Å². The highest BCUT2D eigenvalue weighted by Crippen LogP contribution is 2.44. The lowest BCUT2D eigenvalue weighted by molar-refractivity contribution is 0.473. The van der Waals surface area contributed by atoms with E-state index in [2.05, 4.69) is 9.97 Å². The van der Waals surface area contributed by atoms with Crippen molar-refractivity contribution in [1.29, 1.82) is 0 Å². The first-order chi connectivity index (χ1) is 17.0. The lowest BCUT2D eigenvalue weighted by atomic mass is 9.73. The number of H-pyrrole nitrogens is 1. The van der Waals surface area contributed by atoms with Crippen molar-refractivity contribution in [2.24, 2.45) is 0 Å². The fourth-order valence-electron chi connectivity index (χ4n) is 4.10. The Labute approximate surface area is 203 Å². The van der Waals surface area contributed by atoms with Gasteiger partial charge in [-0.15, -0.1) is 0 Å². The molecule has 4 aromatic carbocycles. The number of phenols is 4. The van der Waals surface area contributed by atoms with Gasteiger partial charge in [0.05, 0.1) is 6.33 Å². The minimum Gasteiger partial charge on any atom is -0.508 e. The van der Waals surface area contributed by atoms with Crippen molar-refractivity contribution < 1.29 is 20.4 Å². The molecule has 0 saturated heterocycles. The van der Waals surface area contributed by atoms with Crippen LogP contribution in [0.5, 0.6) is 23.0 Å². The van der Waals surface area contributed by atoms with E-state index < -0.39 is 0 Å². The molecule has 5 aromatic rings. The summed E-state index contributed by atoms with van der Waals surface area (Å²) in [6.07, 6.45) is 5.08. The summed E-state index contributed by atoms with van der Waals surface area (Å²) in [5.41, 5.74) is 3.96. The second-order valence-corrected chi connectivity index (χ2v) is 8.08. The zero-order valence-electron chi connectivity index (χ0n) is 18.9. The average molecular weight is 467 g/mol. The van der Waals surface area contributed by atoms with Crippen LogP contribution in [-0.4, -0.2) is 30.4 Å². The Morgan fingerprint density at radius 3 is 0.914 bits per heavy atom. The van der Waals surface area contributed by atoms with Crippen LogP contribution in [0.4, 0.5) is 0 Å². The monoisotopic (exact) mass is 466 g/mol. The molecule has 5 rings (SSSR count).